The van der Waals surface area contributed by atoms with E-state index in [1.54, 1.807) is 18.2 Å². The van der Waals surface area contributed by atoms with E-state index in [2.05, 4.69) is 4.90 Å². The molecule has 1 aliphatic rings. The van der Waals surface area contributed by atoms with E-state index < -0.39 is 18.5 Å². The topological polar surface area (TPSA) is 100.0 Å². The van der Waals surface area contributed by atoms with Crippen molar-refractivity contribution in [2.24, 2.45) is 0 Å². The lowest BCUT2D eigenvalue weighted by atomic mass is 9.92. The molecule has 0 unspecified atom stereocenters. The molecule has 7 heteroatoms. The Balaban J connectivity index is 1.80. The first-order chi connectivity index (χ1) is 15.0. The molecule has 0 saturated carbocycles. The van der Waals surface area contributed by atoms with Crippen molar-refractivity contribution in [2.45, 2.75) is 13.5 Å². The normalized spacial score (nSPS) is 15.1. The molecule has 0 spiro atoms. The standard InChI is InChI=1S/C24H22N2O5/c1-2-26-12-16(11-15-7-9-17(10-8-15)31-14-21(27)28)23-19(13-26)22(24(29)30)18-5-3-4-6-20(18)25-23/h3-11H,2,12-14H2,1H3,(H,27,28)(H,29,30)/b16-11-. The predicted molar refractivity (Wildman–Crippen MR) is 117 cm³/mol. The van der Waals surface area contributed by atoms with Crippen molar-refractivity contribution in [1.82, 2.24) is 9.88 Å². The van der Waals surface area contributed by atoms with Crippen molar-refractivity contribution < 1.29 is 24.5 Å². The highest BCUT2D eigenvalue weighted by Crippen LogP contribution is 2.34. The van der Waals surface area contributed by atoms with E-state index >= 15 is 0 Å². The molecule has 0 amide bonds. The summed E-state index contributed by atoms with van der Waals surface area (Å²) < 4.78 is 5.19. The molecule has 2 N–H and O–H groups in total. The molecule has 0 radical (unpaired) electrons. The number of hydrogen-bond donors (Lipinski definition) is 2. The van der Waals surface area contributed by atoms with Gasteiger partial charge in [0.25, 0.3) is 0 Å². The molecular weight excluding hydrogens is 396 g/mol. The molecule has 0 saturated heterocycles. The summed E-state index contributed by atoms with van der Waals surface area (Å²) in [6, 6.07) is 14.4. The second-order valence-electron chi connectivity index (χ2n) is 7.36. The molecule has 0 aliphatic carbocycles. The summed E-state index contributed by atoms with van der Waals surface area (Å²) in [6.45, 7) is 3.63. The van der Waals surface area contributed by atoms with Crippen LogP contribution in [-0.4, -0.2) is 51.7 Å². The van der Waals surface area contributed by atoms with E-state index in [0.717, 1.165) is 23.2 Å². The molecule has 0 fully saturated rings. The van der Waals surface area contributed by atoms with Crippen LogP contribution in [0, 0.1) is 0 Å². The maximum atomic E-state index is 12.2. The number of rotatable bonds is 6. The van der Waals surface area contributed by atoms with Gasteiger partial charge < -0.3 is 14.9 Å². The number of ether oxygens (including phenoxy) is 1. The lowest BCUT2D eigenvalue weighted by Gasteiger charge is -2.30. The van der Waals surface area contributed by atoms with Crippen LogP contribution in [0.2, 0.25) is 0 Å². The number of aromatic nitrogens is 1. The van der Waals surface area contributed by atoms with Gasteiger partial charge in [0.05, 0.1) is 16.8 Å². The van der Waals surface area contributed by atoms with Crippen LogP contribution in [-0.2, 0) is 11.3 Å². The first-order valence-corrected chi connectivity index (χ1v) is 9.99. The lowest BCUT2D eigenvalue weighted by molar-refractivity contribution is -0.139. The summed E-state index contributed by atoms with van der Waals surface area (Å²) in [7, 11) is 0. The third-order valence-electron chi connectivity index (χ3n) is 5.32. The van der Waals surface area contributed by atoms with Crippen LogP contribution in [0.4, 0.5) is 0 Å². The van der Waals surface area contributed by atoms with Crippen LogP contribution in [0.1, 0.15) is 34.1 Å². The molecule has 1 aromatic heterocycles. The van der Waals surface area contributed by atoms with Crippen LogP contribution >= 0.6 is 0 Å². The highest BCUT2D eigenvalue weighted by Gasteiger charge is 2.27. The number of hydrogen-bond acceptors (Lipinski definition) is 5. The van der Waals surface area contributed by atoms with E-state index in [-0.39, 0.29) is 0 Å². The Bertz CT molecular complexity index is 1180. The summed E-state index contributed by atoms with van der Waals surface area (Å²) >= 11 is 0. The average molecular weight is 418 g/mol. The largest absolute Gasteiger partial charge is 0.482 e. The van der Waals surface area contributed by atoms with Crippen molar-refractivity contribution in [2.75, 3.05) is 19.7 Å². The fourth-order valence-electron chi connectivity index (χ4n) is 3.85. The van der Waals surface area contributed by atoms with Crippen molar-refractivity contribution in [3.8, 4) is 5.75 Å². The molecule has 7 nitrogen and oxygen atoms in total. The Morgan fingerprint density at radius 2 is 1.84 bits per heavy atom. The minimum atomic E-state index is -1.03. The SMILES string of the molecule is CCN1C/C(=C/c2ccc(OCC(=O)O)cc2)c2nc3ccccc3c(C(=O)O)c2C1. The van der Waals surface area contributed by atoms with Gasteiger partial charge in [-0.25, -0.2) is 14.6 Å². The second-order valence-corrected chi connectivity index (χ2v) is 7.36. The minimum absolute atomic E-state index is 0.307. The number of fused-ring (bicyclic) bond motifs is 2. The van der Waals surface area contributed by atoms with Crippen LogP contribution < -0.4 is 4.74 Å². The van der Waals surface area contributed by atoms with Gasteiger partial charge in [-0.1, -0.05) is 37.3 Å². The zero-order valence-electron chi connectivity index (χ0n) is 17.0. The molecule has 158 valence electrons. The van der Waals surface area contributed by atoms with Gasteiger partial charge in [-0.05, 0) is 42.0 Å². The maximum Gasteiger partial charge on any atom is 0.341 e. The van der Waals surface area contributed by atoms with E-state index in [1.165, 1.54) is 0 Å². The number of para-hydroxylation sites is 1. The number of nitrogens with zero attached hydrogens (tertiary/aromatic N) is 2. The van der Waals surface area contributed by atoms with Gasteiger partial charge in [0.2, 0.25) is 0 Å². The third-order valence-corrected chi connectivity index (χ3v) is 5.32. The Hall–Kier alpha value is -3.71. The Labute approximate surface area is 179 Å². The Morgan fingerprint density at radius 1 is 1.10 bits per heavy atom. The van der Waals surface area contributed by atoms with Crippen molar-refractivity contribution in [3.05, 3.63) is 70.9 Å². The van der Waals surface area contributed by atoms with Crippen molar-refractivity contribution >= 4 is 34.5 Å². The molecule has 2 aromatic carbocycles. The maximum absolute atomic E-state index is 12.2. The Kier molecular flexibility index (Phi) is 5.68. The smallest absolute Gasteiger partial charge is 0.341 e. The molecule has 2 heterocycles. The second kappa shape index (κ2) is 8.57. The Morgan fingerprint density at radius 3 is 2.52 bits per heavy atom. The molecule has 0 bridgehead atoms. The van der Waals surface area contributed by atoms with E-state index in [1.807, 2.05) is 43.3 Å². The number of aromatic carboxylic acids is 1. The molecule has 3 aromatic rings. The minimum Gasteiger partial charge on any atom is -0.482 e. The summed E-state index contributed by atoms with van der Waals surface area (Å²) in [5.74, 6) is -1.51. The summed E-state index contributed by atoms with van der Waals surface area (Å²) in [5.41, 5.74) is 4.25. The number of aliphatic carboxylic acids is 1. The van der Waals surface area contributed by atoms with E-state index in [9.17, 15) is 14.7 Å². The van der Waals surface area contributed by atoms with Gasteiger partial charge >= 0.3 is 11.9 Å². The number of likely N-dealkylation sites (N-methyl/N-ethyl adjacent to an activating group) is 1. The summed E-state index contributed by atoms with van der Waals surface area (Å²) in [6.07, 6.45) is 2.00. The summed E-state index contributed by atoms with van der Waals surface area (Å²) in [5, 5.41) is 19.4. The number of benzene rings is 2. The van der Waals surface area contributed by atoms with Crippen LogP contribution in [0.3, 0.4) is 0 Å². The summed E-state index contributed by atoms with van der Waals surface area (Å²) in [4.78, 5) is 29.8. The third kappa shape index (κ3) is 4.27. The van der Waals surface area contributed by atoms with Crippen molar-refractivity contribution in [3.63, 3.8) is 0 Å². The molecule has 1 aliphatic heterocycles. The molecular formula is C24H22N2O5. The van der Waals surface area contributed by atoms with Gasteiger partial charge in [-0.15, -0.1) is 0 Å². The fraction of sp³-hybridized carbons (Fsp3) is 0.208. The number of carbonyl (C=O) groups is 2. The fourth-order valence-corrected chi connectivity index (χ4v) is 3.85. The zero-order valence-corrected chi connectivity index (χ0v) is 17.0. The van der Waals surface area contributed by atoms with Gasteiger partial charge in [0.15, 0.2) is 6.61 Å². The van der Waals surface area contributed by atoms with Crippen LogP contribution in [0.15, 0.2) is 48.5 Å². The average Bonchev–Trinajstić information content (AvgIpc) is 2.76. The highest BCUT2D eigenvalue weighted by atomic mass is 16.5. The van der Waals surface area contributed by atoms with Crippen LogP contribution in [0.5, 0.6) is 5.75 Å². The van der Waals surface area contributed by atoms with Gasteiger partial charge in [0.1, 0.15) is 5.75 Å². The molecule has 31 heavy (non-hydrogen) atoms. The first-order valence-electron chi connectivity index (χ1n) is 9.99. The van der Waals surface area contributed by atoms with E-state index in [4.69, 9.17) is 14.8 Å². The molecule has 4 rings (SSSR count). The molecule has 0 atom stereocenters. The van der Waals surface area contributed by atoms with Crippen LogP contribution in [0.25, 0.3) is 22.6 Å². The number of carboxylic acid groups (broad SMARTS) is 2. The number of carboxylic acids is 2. The van der Waals surface area contributed by atoms with E-state index in [0.29, 0.717) is 41.0 Å². The quantitative estimate of drug-likeness (QED) is 0.628. The van der Waals surface area contributed by atoms with Gasteiger partial charge in [0, 0.05) is 24.0 Å². The predicted octanol–water partition coefficient (Wildman–Crippen LogP) is 3.77. The van der Waals surface area contributed by atoms with Gasteiger partial charge in [-0.3, -0.25) is 4.90 Å². The monoisotopic (exact) mass is 418 g/mol. The van der Waals surface area contributed by atoms with Crippen molar-refractivity contribution in [1.29, 1.82) is 0 Å². The first kappa shape index (κ1) is 20.6. The van der Waals surface area contributed by atoms with Gasteiger partial charge in [-0.2, -0.15) is 0 Å². The number of pyridine rings is 1. The lowest BCUT2D eigenvalue weighted by Crippen LogP contribution is -2.31. The zero-order chi connectivity index (χ0) is 22.0. The highest BCUT2D eigenvalue weighted by molar-refractivity contribution is 6.06.